The monoisotopic (exact) mass is 395 g/mol. The van der Waals surface area contributed by atoms with E-state index < -0.39 is 6.10 Å². The standard InChI is InChI=1S/C21H21N3O5/c1-2-18(26)13-6-17-20-11(8-24(17)21(28)15(13)9-29-10-25)5-12-14(7-22)19(27)4-3-16(12)23-20/h3-6,10,18,26-27H,2,7-9,22H2,1H3. The molecule has 1 atom stereocenters. The Kier molecular flexibility index (Phi) is 4.81. The zero-order valence-corrected chi connectivity index (χ0v) is 15.9. The zero-order valence-electron chi connectivity index (χ0n) is 15.9. The summed E-state index contributed by atoms with van der Waals surface area (Å²) in [6.45, 7) is 2.34. The number of hydrogen-bond donors (Lipinski definition) is 3. The second-order valence-electron chi connectivity index (χ2n) is 7.02. The maximum atomic E-state index is 13.1. The molecule has 0 saturated carbocycles. The lowest BCUT2D eigenvalue weighted by Gasteiger charge is -2.16. The summed E-state index contributed by atoms with van der Waals surface area (Å²) in [6, 6.07) is 6.90. The molecule has 29 heavy (non-hydrogen) atoms. The summed E-state index contributed by atoms with van der Waals surface area (Å²) in [5.41, 5.74) is 9.50. The number of aromatic hydroxyl groups is 1. The van der Waals surface area contributed by atoms with Crippen LogP contribution in [0.2, 0.25) is 0 Å². The first-order chi connectivity index (χ1) is 14.0. The van der Waals surface area contributed by atoms with Crippen LogP contribution in [0, 0.1) is 0 Å². The molecule has 4 N–H and O–H groups in total. The van der Waals surface area contributed by atoms with Crippen LogP contribution in [0.1, 0.15) is 41.7 Å². The molecule has 4 rings (SSSR count). The van der Waals surface area contributed by atoms with E-state index in [0.717, 1.165) is 10.9 Å². The lowest BCUT2D eigenvalue weighted by molar-refractivity contribution is -0.129. The van der Waals surface area contributed by atoms with Crippen LogP contribution in [-0.2, 0) is 29.2 Å². The number of nitrogens with zero attached hydrogens (tertiary/aromatic N) is 2. The topological polar surface area (TPSA) is 128 Å². The minimum Gasteiger partial charge on any atom is -0.508 e. The number of aromatic nitrogens is 2. The number of aliphatic hydroxyl groups excluding tert-OH is 1. The van der Waals surface area contributed by atoms with E-state index >= 15 is 0 Å². The number of benzene rings is 1. The van der Waals surface area contributed by atoms with E-state index in [9.17, 15) is 19.8 Å². The molecule has 0 radical (unpaired) electrons. The van der Waals surface area contributed by atoms with E-state index in [2.05, 4.69) is 0 Å². The zero-order chi connectivity index (χ0) is 20.7. The van der Waals surface area contributed by atoms with Crippen LogP contribution in [0.4, 0.5) is 0 Å². The molecule has 3 aromatic rings. The van der Waals surface area contributed by atoms with Crippen LogP contribution in [0.15, 0.2) is 29.1 Å². The maximum absolute atomic E-state index is 13.1. The van der Waals surface area contributed by atoms with E-state index in [1.807, 2.05) is 6.07 Å². The van der Waals surface area contributed by atoms with Gasteiger partial charge in [0.2, 0.25) is 0 Å². The van der Waals surface area contributed by atoms with Crippen molar-refractivity contribution in [2.24, 2.45) is 5.73 Å². The number of fused-ring (bicyclic) bond motifs is 4. The van der Waals surface area contributed by atoms with Gasteiger partial charge in [-0.3, -0.25) is 9.59 Å². The van der Waals surface area contributed by atoms with Crippen LogP contribution in [0.5, 0.6) is 5.75 Å². The number of rotatable bonds is 6. The molecule has 0 saturated heterocycles. The van der Waals surface area contributed by atoms with Crippen molar-refractivity contribution in [2.75, 3.05) is 0 Å². The fourth-order valence-corrected chi connectivity index (χ4v) is 3.90. The molecule has 1 unspecified atom stereocenters. The van der Waals surface area contributed by atoms with Crippen molar-refractivity contribution in [1.29, 1.82) is 0 Å². The minimum atomic E-state index is -0.857. The predicted molar refractivity (Wildman–Crippen MR) is 106 cm³/mol. The summed E-state index contributed by atoms with van der Waals surface area (Å²) < 4.78 is 6.38. The summed E-state index contributed by atoms with van der Waals surface area (Å²) in [5, 5.41) is 21.3. The van der Waals surface area contributed by atoms with Crippen molar-refractivity contribution in [3.63, 3.8) is 0 Å². The third-order valence-electron chi connectivity index (χ3n) is 5.42. The third kappa shape index (κ3) is 2.97. The number of ether oxygens (including phenoxy) is 1. The maximum Gasteiger partial charge on any atom is 0.293 e. The second-order valence-corrected chi connectivity index (χ2v) is 7.02. The Morgan fingerprint density at radius 2 is 2.14 bits per heavy atom. The van der Waals surface area contributed by atoms with Crippen molar-refractivity contribution >= 4 is 17.4 Å². The first-order valence-corrected chi connectivity index (χ1v) is 9.34. The number of carbonyl (C=O) groups is 1. The van der Waals surface area contributed by atoms with Gasteiger partial charge in [-0.15, -0.1) is 0 Å². The average Bonchev–Trinajstić information content (AvgIpc) is 3.08. The van der Waals surface area contributed by atoms with Gasteiger partial charge in [0.25, 0.3) is 12.0 Å². The Balaban J connectivity index is 1.95. The SMILES string of the molecule is CCC(O)c1cc2n(c(=O)c1COC=O)Cc1cc3c(CN)c(O)ccc3nc1-2. The fourth-order valence-electron chi connectivity index (χ4n) is 3.90. The molecule has 1 aliphatic rings. The average molecular weight is 395 g/mol. The molecule has 8 heteroatoms. The summed E-state index contributed by atoms with van der Waals surface area (Å²) in [6.07, 6.45) is -0.446. The molecule has 8 nitrogen and oxygen atoms in total. The summed E-state index contributed by atoms with van der Waals surface area (Å²) in [4.78, 5) is 28.5. The third-order valence-corrected chi connectivity index (χ3v) is 5.42. The first kappa shape index (κ1) is 19.1. The van der Waals surface area contributed by atoms with Gasteiger partial charge in [0.15, 0.2) is 0 Å². The van der Waals surface area contributed by atoms with Crippen LogP contribution >= 0.6 is 0 Å². The minimum absolute atomic E-state index is 0.107. The molecule has 0 fully saturated rings. The lowest BCUT2D eigenvalue weighted by Crippen LogP contribution is -2.26. The van der Waals surface area contributed by atoms with E-state index in [4.69, 9.17) is 15.5 Å². The van der Waals surface area contributed by atoms with Crippen LogP contribution in [0.25, 0.3) is 22.3 Å². The highest BCUT2D eigenvalue weighted by Crippen LogP contribution is 2.36. The molecule has 0 amide bonds. The van der Waals surface area contributed by atoms with Gasteiger partial charge in [-0.05, 0) is 36.2 Å². The van der Waals surface area contributed by atoms with Gasteiger partial charge in [-0.2, -0.15) is 0 Å². The molecular weight excluding hydrogens is 374 g/mol. The van der Waals surface area contributed by atoms with Gasteiger partial charge in [0, 0.05) is 23.1 Å². The van der Waals surface area contributed by atoms with Gasteiger partial charge in [0.1, 0.15) is 12.4 Å². The van der Waals surface area contributed by atoms with Crippen molar-refractivity contribution in [3.8, 4) is 17.1 Å². The largest absolute Gasteiger partial charge is 0.508 e. The predicted octanol–water partition coefficient (Wildman–Crippen LogP) is 1.71. The van der Waals surface area contributed by atoms with Gasteiger partial charge >= 0.3 is 0 Å². The summed E-state index contributed by atoms with van der Waals surface area (Å²) >= 11 is 0. The molecule has 3 heterocycles. The Morgan fingerprint density at radius 1 is 1.34 bits per heavy atom. The van der Waals surface area contributed by atoms with Crippen LogP contribution in [-0.4, -0.2) is 26.2 Å². The second kappa shape index (κ2) is 7.31. The van der Waals surface area contributed by atoms with Crippen LogP contribution in [0.3, 0.4) is 0 Å². The Hall–Kier alpha value is -3.23. The smallest absolute Gasteiger partial charge is 0.293 e. The van der Waals surface area contributed by atoms with Crippen molar-refractivity contribution in [3.05, 3.63) is 56.9 Å². The Bertz CT molecular complexity index is 1190. The molecule has 2 aromatic heterocycles. The summed E-state index contributed by atoms with van der Waals surface area (Å²) in [7, 11) is 0. The fraction of sp³-hybridized carbons (Fsp3) is 0.286. The molecule has 0 aliphatic carbocycles. The first-order valence-electron chi connectivity index (χ1n) is 9.34. The number of phenols is 1. The highest BCUT2D eigenvalue weighted by molar-refractivity contribution is 5.88. The van der Waals surface area contributed by atoms with Gasteiger partial charge < -0.3 is 25.3 Å². The summed E-state index contributed by atoms with van der Waals surface area (Å²) in [5.74, 6) is 0.107. The van der Waals surface area contributed by atoms with Crippen LogP contribution < -0.4 is 11.3 Å². The molecule has 1 aliphatic heterocycles. The van der Waals surface area contributed by atoms with Gasteiger partial charge in [0.05, 0.1) is 35.1 Å². The highest BCUT2D eigenvalue weighted by atomic mass is 16.5. The lowest BCUT2D eigenvalue weighted by atomic mass is 10.00. The number of nitrogens with two attached hydrogens (primary N) is 1. The van der Waals surface area contributed by atoms with Crippen molar-refractivity contribution in [1.82, 2.24) is 9.55 Å². The number of pyridine rings is 2. The Labute approximate surface area is 166 Å². The molecule has 0 bridgehead atoms. The Morgan fingerprint density at radius 3 is 2.83 bits per heavy atom. The quantitative estimate of drug-likeness (QED) is 0.424. The van der Waals surface area contributed by atoms with Crippen molar-refractivity contribution < 1.29 is 19.7 Å². The number of hydrogen-bond acceptors (Lipinski definition) is 7. The number of phenolic OH excluding ortho intramolecular Hbond substituents is 1. The molecule has 1 aromatic carbocycles. The van der Waals surface area contributed by atoms with Gasteiger partial charge in [-0.1, -0.05) is 6.92 Å². The van der Waals surface area contributed by atoms with E-state index in [1.54, 1.807) is 29.7 Å². The molecule has 150 valence electrons. The molecule has 0 spiro atoms. The van der Waals surface area contributed by atoms with Crippen molar-refractivity contribution in [2.45, 2.75) is 39.1 Å². The highest BCUT2D eigenvalue weighted by Gasteiger charge is 2.27. The van der Waals surface area contributed by atoms with E-state index in [1.165, 1.54) is 0 Å². The van der Waals surface area contributed by atoms with Gasteiger partial charge in [-0.25, -0.2) is 4.98 Å². The van der Waals surface area contributed by atoms with E-state index in [0.29, 0.717) is 41.0 Å². The van der Waals surface area contributed by atoms with E-state index in [-0.39, 0.29) is 36.5 Å². The molecular formula is C21H21N3O5. The number of aliphatic hydroxyl groups is 1. The normalized spacial score (nSPS) is 13.2. The number of carbonyl (C=O) groups excluding carboxylic acids is 1.